The number of carbonyl (C=O) groups is 2. The summed E-state index contributed by atoms with van der Waals surface area (Å²) >= 11 is 3.04. The van der Waals surface area contributed by atoms with E-state index in [1.807, 2.05) is 0 Å². The molecule has 0 heterocycles. The Balaban J connectivity index is 2.04. The van der Waals surface area contributed by atoms with Crippen molar-refractivity contribution in [2.45, 2.75) is 25.8 Å². The summed E-state index contributed by atoms with van der Waals surface area (Å²) in [6, 6.07) is 1.25. The Labute approximate surface area is 123 Å². The molecule has 0 radical (unpaired) electrons. The van der Waals surface area contributed by atoms with Crippen LogP contribution in [0.25, 0.3) is 0 Å². The highest BCUT2D eigenvalue weighted by Crippen LogP contribution is 2.32. The first kappa shape index (κ1) is 14.8. The van der Waals surface area contributed by atoms with Crippen molar-refractivity contribution in [2.75, 3.05) is 5.32 Å². The quantitative estimate of drug-likeness (QED) is 0.785. The van der Waals surface area contributed by atoms with Crippen LogP contribution in [0, 0.1) is 18.7 Å². The number of rotatable bonds is 4. The van der Waals surface area contributed by atoms with Crippen LogP contribution in [0.1, 0.15) is 18.4 Å². The molecule has 0 saturated heterocycles. The molecule has 1 saturated carbocycles. The summed E-state index contributed by atoms with van der Waals surface area (Å²) in [4.78, 5) is 22.8. The molecule has 3 N–H and O–H groups in total. The van der Waals surface area contributed by atoms with Crippen molar-refractivity contribution in [3.63, 3.8) is 0 Å². The lowest BCUT2D eigenvalue weighted by molar-refractivity contribution is -0.139. The number of carboxylic acids is 1. The molecule has 0 aromatic heterocycles. The Bertz CT molecular complexity index is 561. The van der Waals surface area contributed by atoms with E-state index in [0.717, 1.165) is 12.8 Å². The van der Waals surface area contributed by atoms with Gasteiger partial charge < -0.3 is 15.7 Å². The first-order valence-corrected chi connectivity index (χ1v) is 6.93. The van der Waals surface area contributed by atoms with Gasteiger partial charge in [-0.3, -0.25) is 0 Å². The number of benzene rings is 1. The van der Waals surface area contributed by atoms with Gasteiger partial charge >= 0.3 is 12.0 Å². The number of aliphatic carboxylic acids is 1. The zero-order valence-corrected chi connectivity index (χ0v) is 12.3. The van der Waals surface area contributed by atoms with Gasteiger partial charge in [0.05, 0.1) is 4.47 Å². The molecular weight excluding hydrogens is 331 g/mol. The van der Waals surface area contributed by atoms with E-state index in [4.69, 9.17) is 5.11 Å². The number of urea groups is 1. The van der Waals surface area contributed by atoms with E-state index in [0.29, 0.717) is 11.3 Å². The summed E-state index contributed by atoms with van der Waals surface area (Å²) in [6.45, 7) is 1.65. The van der Waals surface area contributed by atoms with Gasteiger partial charge in [0.1, 0.15) is 11.9 Å². The van der Waals surface area contributed by atoms with Crippen molar-refractivity contribution in [3.05, 3.63) is 28.0 Å². The molecule has 2 amide bonds. The number of aryl methyl sites for hydroxylation is 1. The minimum Gasteiger partial charge on any atom is -0.480 e. The average Bonchev–Trinajstić information content (AvgIpc) is 3.17. The summed E-state index contributed by atoms with van der Waals surface area (Å²) in [7, 11) is 0. The van der Waals surface area contributed by atoms with Crippen LogP contribution in [0.5, 0.6) is 0 Å². The Kier molecular flexibility index (Phi) is 4.27. The van der Waals surface area contributed by atoms with Gasteiger partial charge in [-0.15, -0.1) is 0 Å². The smallest absolute Gasteiger partial charge is 0.326 e. The number of hydrogen-bond acceptors (Lipinski definition) is 2. The molecule has 1 aliphatic carbocycles. The molecule has 0 bridgehead atoms. The standard InChI is InChI=1S/C13H14BrFN2O3/c1-6-4-9(15)8(14)5-10(6)16-13(20)17-11(12(18)19)7-2-3-7/h4-5,7,11H,2-3H2,1H3,(H,18,19)(H2,16,17,20). The van der Waals surface area contributed by atoms with E-state index >= 15 is 0 Å². The number of amides is 2. The predicted molar refractivity (Wildman–Crippen MR) is 75.1 cm³/mol. The first-order chi connectivity index (χ1) is 9.38. The predicted octanol–water partition coefficient (Wildman–Crippen LogP) is 2.88. The molecule has 5 nitrogen and oxygen atoms in total. The monoisotopic (exact) mass is 344 g/mol. The Morgan fingerprint density at radius 3 is 2.65 bits per heavy atom. The van der Waals surface area contributed by atoms with Gasteiger partial charge in [0.15, 0.2) is 0 Å². The number of nitrogens with one attached hydrogen (secondary N) is 2. The highest BCUT2D eigenvalue weighted by molar-refractivity contribution is 9.10. The summed E-state index contributed by atoms with van der Waals surface area (Å²) in [5, 5.41) is 14.0. The second-order valence-electron chi connectivity index (χ2n) is 4.83. The van der Waals surface area contributed by atoms with E-state index in [2.05, 4.69) is 26.6 Å². The Morgan fingerprint density at radius 2 is 2.10 bits per heavy atom. The highest BCUT2D eigenvalue weighted by Gasteiger charge is 2.37. The topological polar surface area (TPSA) is 78.4 Å². The summed E-state index contributed by atoms with van der Waals surface area (Å²) < 4.78 is 13.5. The molecule has 2 rings (SSSR count). The third-order valence-electron chi connectivity index (χ3n) is 3.16. The van der Waals surface area contributed by atoms with Gasteiger partial charge in [-0.1, -0.05) is 0 Å². The van der Waals surface area contributed by atoms with Crippen molar-refractivity contribution in [1.29, 1.82) is 0 Å². The molecule has 20 heavy (non-hydrogen) atoms. The van der Waals surface area contributed by atoms with E-state index in [-0.39, 0.29) is 10.4 Å². The third kappa shape index (κ3) is 3.47. The minimum atomic E-state index is -1.04. The number of carboxylic acid groups (broad SMARTS) is 1. The Morgan fingerprint density at radius 1 is 1.45 bits per heavy atom. The average molecular weight is 345 g/mol. The molecule has 1 aliphatic rings. The first-order valence-electron chi connectivity index (χ1n) is 6.14. The maximum Gasteiger partial charge on any atom is 0.326 e. The molecule has 1 aromatic carbocycles. The molecular formula is C13H14BrFN2O3. The van der Waals surface area contributed by atoms with E-state index < -0.39 is 23.9 Å². The van der Waals surface area contributed by atoms with Crippen LogP contribution in [-0.2, 0) is 4.79 Å². The highest BCUT2D eigenvalue weighted by atomic mass is 79.9. The molecule has 7 heteroatoms. The van der Waals surface area contributed by atoms with Gasteiger partial charge in [0.25, 0.3) is 0 Å². The van der Waals surface area contributed by atoms with E-state index in [9.17, 15) is 14.0 Å². The van der Waals surface area contributed by atoms with Gasteiger partial charge in [0.2, 0.25) is 0 Å². The molecule has 0 aliphatic heterocycles. The number of carbonyl (C=O) groups excluding carboxylic acids is 1. The van der Waals surface area contributed by atoms with Crippen LogP contribution in [0.15, 0.2) is 16.6 Å². The van der Waals surface area contributed by atoms with E-state index in [1.54, 1.807) is 6.92 Å². The fourth-order valence-corrected chi connectivity index (χ4v) is 2.23. The van der Waals surface area contributed by atoms with Crippen molar-refractivity contribution < 1.29 is 19.1 Å². The molecule has 108 valence electrons. The fourth-order valence-electron chi connectivity index (χ4n) is 1.89. The summed E-state index contributed by atoms with van der Waals surface area (Å²) in [5.74, 6) is -1.46. The maximum absolute atomic E-state index is 13.3. The van der Waals surface area contributed by atoms with Gasteiger partial charge in [0, 0.05) is 5.69 Å². The lowest BCUT2D eigenvalue weighted by atomic mass is 10.2. The van der Waals surface area contributed by atoms with Crippen LogP contribution in [0.3, 0.4) is 0 Å². The molecule has 1 aromatic rings. The summed E-state index contributed by atoms with van der Waals surface area (Å²) in [5.41, 5.74) is 0.981. The second kappa shape index (κ2) is 5.78. The van der Waals surface area contributed by atoms with Crippen LogP contribution in [0.4, 0.5) is 14.9 Å². The minimum absolute atomic E-state index is 0.000647. The lowest BCUT2D eigenvalue weighted by Crippen LogP contribution is -2.44. The van der Waals surface area contributed by atoms with Crippen LogP contribution in [-0.4, -0.2) is 23.1 Å². The SMILES string of the molecule is Cc1cc(F)c(Br)cc1NC(=O)NC(C(=O)O)C1CC1. The molecule has 1 fully saturated rings. The fraction of sp³-hybridized carbons (Fsp3) is 0.385. The normalized spacial score (nSPS) is 15.6. The largest absolute Gasteiger partial charge is 0.480 e. The van der Waals surface area contributed by atoms with Crippen molar-refractivity contribution in [1.82, 2.24) is 5.32 Å². The zero-order chi connectivity index (χ0) is 14.9. The molecule has 0 spiro atoms. The number of hydrogen-bond donors (Lipinski definition) is 3. The van der Waals surface area contributed by atoms with E-state index in [1.165, 1.54) is 12.1 Å². The van der Waals surface area contributed by atoms with Crippen LogP contribution < -0.4 is 10.6 Å². The molecule has 1 atom stereocenters. The van der Waals surface area contributed by atoms with Crippen molar-refractivity contribution >= 4 is 33.6 Å². The van der Waals surface area contributed by atoms with Crippen molar-refractivity contribution in [3.8, 4) is 0 Å². The van der Waals surface area contributed by atoms with Crippen LogP contribution in [0.2, 0.25) is 0 Å². The van der Waals surface area contributed by atoms with Gasteiger partial charge in [-0.2, -0.15) is 0 Å². The third-order valence-corrected chi connectivity index (χ3v) is 3.77. The number of anilines is 1. The summed E-state index contributed by atoms with van der Waals surface area (Å²) in [6.07, 6.45) is 1.61. The van der Waals surface area contributed by atoms with Crippen LogP contribution >= 0.6 is 15.9 Å². The Hall–Kier alpha value is -1.63. The second-order valence-corrected chi connectivity index (χ2v) is 5.69. The molecule has 1 unspecified atom stereocenters. The zero-order valence-electron chi connectivity index (χ0n) is 10.7. The number of halogens is 2. The maximum atomic E-state index is 13.3. The van der Waals surface area contributed by atoms with Gasteiger partial charge in [-0.05, 0) is 59.3 Å². The van der Waals surface area contributed by atoms with Crippen molar-refractivity contribution in [2.24, 2.45) is 5.92 Å². The van der Waals surface area contributed by atoms with Gasteiger partial charge in [-0.25, -0.2) is 14.0 Å². The lowest BCUT2D eigenvalue weighted by Gasteiger charge is -2.15.